The molecular weight excluding hydrogens is 582 g/mol. The lowest BCUT2D eigenvalue weighted by Crippen LogP contribution is -2.60. The van der Waals surface area contributed by atoms with Gasteiger partial charge in [0.2, 0.25) is 0 Å². The van der Waals surface area contributed by atoms with Crippen molar-refractivity contribution in [2.24, 2.45) is 28.7 Å². The zero-order valence-corrected chi connectivity index (χ0v) is 29.1. The molecule has 0 aromatic rings. The van der Waals surface area contributed by atoms with Crippen LogP contribution in [0.2, 0.25) is 0 Å². The number of hydrogen-bond donors (Lipinski definition) is 2. The fourth-order valence-corrected chi connectivity index (χ4v) is 8.46. The van der Waals surface area contributed by atoms with Crippen molar-refractivity contribution in [3.05, 3.63) is 0 Å². The number of hydrogen-bond acceptors (Lipinski definition) is 11. The Morgan fingerprint density at radius 3 is 2.33 bits per heavy atom. The number of ether oxygens (including phenoxy) is 5. The molecule has 12 nitrogen and oxygen atoms in total. The van der Waals surface area contributed by atoms with Gasteiger partial charge in [-0.15, -0.1) is 0 Å². The molecule has 4 heterocycles. The SMILES string of the molecule is CC[C@H]1OC(=O)[C@H](C)[C@@H](O)[C@H](C)[C@@H](O[C@@H]2O[C@H](C)C[C@H](N(C)C)[C@H]2O)[C@](C)(OC)C[C@@H](C)C2=NCCN3C(=O)O[C@@]1(C)[C@H]3[C@H]2C. The van der Waals surface area contributed by atoms with Crippen LogP contribution in [0.15, 0.2) is 4.99 Å². The highest BCUT2D eigenvalue weighted by Crippen LogP contribution is 2.44. The molecule has 0 unspecified atom stereocenters. The number of carbonyl (C=O) groups is 2. The van der Waals surface area contributed by atoms with Gasteiger partial charge >= 0.3 is 12.1 Å². The quantitative estimate of drug-likeness (QED) is 0.432. The normalized spacial score (nSPS) is 46.6. The lowest BCUT2D eigenvalue weighted by Gasteiger charge is -2.48. The van der Waals surface area contributed by atoms with Crippen LogP contribution < -0.4 is 0 Å². The van der Waals surface area contributed by atoms with Gasteiger partial charge in [-0.05, 0) is 67.0 Å². The van der Waals surface area contributed by atoms with Crippen molar-refractivity contribution >= 4 is 17.8 Å². The van der Waals surface area contributed by atoms with Crippen molar-refractivity contribution in [3.8, 4) is 0 Å². The third kappa shape index (κ3) is 6.65. The maximum absolute atomic E-state index is 13.7. The van der Waals surface area contributed by atoms with Gasteiger partial charge in [0.25, 0.3) is 0 Å². The first-order valence-electron chi connectivity index (χ1n) is 16.6. The Balaban J connectivity index is 1.80. The molecule has 2 N–H and O–H groups in total. The summed E-state index contributed by atoms with van der Waals surface area (Å²) in [7, 11) is 5.44. The van der Waals surface area contributed by atoms with Crippen molar-refractivity contribution < 1.29 is 43.5 Å². The number of amides is 1. The summed E-state index contributed by atoms with van der Waals surface area (Å²) in [5.74, 6) is -2.50. The predicted octanol–water partition coefficient (Wildman–Crippen LogP) is 2.87. The van der Waals surface area contributed by atoms with Crippen molar-refractivity contribution in [1.29, 1.82) is 0 Å². The summed E-state index contributed by atoms with van der Waals surface area (Å²) < 4.78 is 31.3. The van der Waals surface area contributed by atoms with Crippen molar-refractivity contribution in [3.63, 3.8) is 0 Å². The van der Waals surface area contributed by atoms with Crippen LogP contribution in [-0.2, 0) is 28.5 Å². The van der Waals surface area contributed by atoms with Gasteiger partial charge in [-0.25, -0.2) is 4.79 Å². The van der Waals surface area contributed by atoms with Gasteiger partial charge in [0.1, 0.15) is 12.2 Å². The van der Waals surface area contributed by atoms with Gasteiger partial charge in [0.05, 0.1) is 42.4 Å². The van der Waals surface area contributed by atoms with Crippen LogP contribution in [-0.4, -0.2) is 132 Å². The largest absolute Gasteiger partial charge is 0.458 e. The maximum atomic E-state index is 13.7. The second-order valence-electron chi connectivity index (χ2n) is 14.5. The van der Waals surface area contributed by atoms with Gasteiger partial charge < -0.3 is 38.8 Å². The van der Waals surface area contributed by atoms with E-state index in [1.54, 1.807) is 18.9 Å². The Morgan fingerprint density at radius 1 is 1.07 bits per heavy atom. The number of likely N-dealkylation sites (N-methyl/N-ethyl adjacent to an activating group) is 1. The molecule has 0 radical (unpaired) electrons. The van der Waals surface area contributed by atoms with Crippen LogP contribution in [0, 0.1) is 23.7 Å². The van der Waals surface area contributed by atoms with Gasteiger partial charge in [0, 0.05) is 37.2 Å². The zero-order chi connectivity index (χ0) is 33.6. The molecule has 0 aromatic heterocycles. The highest BCUT2D eigenvalue weighted by Gasteiger charge is 2.60. The monoisotopic (exact) mass is 639 g/mol. The van der Waals surface area contributed by atoms with E-state index in [0.29, 0.717) is 32.4 Å². The number of cyclic esters (lactones) is 1. The number of methoxy groups -OCH3 is 1. The molecule has 1 amide bonds. The molecular formula is C33H57N3O9. The second kappa shape index (κ2) is 13.7. The standard InChI is InChI=1S/C33H57N3O9/c1-12-23-33(8)27-19(4)24(34-13-14-36(27)31(40)45-33)17(2)16-32(7,41-11)28(20(5)25(37)21(6)29(39)43-23)44-30-26(38)22(35(9)10)15-18(3)42-30/h17-23,25-28,30,37-38H,12-16H2,1-11H3/t17-,18-,19+,20+,21-,22+,23-,25+,26-,27-,28-,30+,32-,33-/m1/s1. The molecule has 3 fully saturated rings. The number of nitrogens with zero attached hydrogens (tertiary/aromatic N) is 3. The third-order valence-corrected chi connectivity index (χ3v) is 11.1. The number of esters is 1. The number of carbonyl (C=O) groups excluding carboxylic acids is 2. The molecule has 0 aliphatic carbocycles. The Morgan fingerprint density at radius 2 is 1.73 bits per heavy atom. The van der Waals surface area contributed by atoms with Gasteiger partial charge in [-0.2, -0.15) is 0 Å². The van der Waals surface area contributed by atoms with E-state index in [-0.39, 0.29) is 24.0 Å². The van der Waals surface area contributed by atoms with Crippen LogP contribution in [0.1, 0.15) is 74.7 Å². The summed E-state index contributed by atoms with van der Waals surface area (Å²) in [4.78, 5) is 35.6. The average molecular weight is 640 g/mol. The van der Waals surface area contributed by atoms with E-state index in [9.17, 15) is 19.8 Å². The maximum Gasteiger partial charge on any atom is 0.410 e. The number of fused-ring (bicyclic) bond motifs is 1. The van der Waals surface area contributed by atoms with E-state index in [4.69, 9.17) is 28.7 Å². The molecule has 0 aromatic carbocycles. The molecule has 258 valence electrons. The van der Waals surface area contributed by atoms with Crippen LogP contribution in [0.4, 0.5) is 4.79 Å². The zero-order valence-electron chi connectivity index (χ0n) is 29.1. The Bertz CT molecular complexity index is 1110. The van der Waals surface area contributed by atoms with E-state index in [2.05, 4.69) is 13.8 Å². The lowest BCUT2D eigenvalue weighted by molar-refractivity contribution is -0.301. The molecule has 45 heavy (non-hydrogen) atoms. The minimum atomic E-state index is -1.19. The first kappa shape index (κ1) is 36.0. The number of aliphatic imine (C=N–C) groups is 1. The minimum Gasteiger partial charge on any atom is -0.458 e. The summed E-state index contributed by atoms with van der Waals surface area (Å²) in [6.45, 7) is 16.1. The first-order chi connectivity index (χ1) is 21.0. The average Bonchev–Trinajstić information content (AvgIpc) is 3.11. The first-order valence-corrected chi connectivity index (χ1v) is 16.6. The smallest absolute Gasteiger partial charge is 0.410 e. The van der Waals surface area contributed by atoms with Crippen LogP contribution in [0.3, 0.4) is 0 Å². The molecule has 0 spiro atoms. The highest BCUT2D eigenvalue weighted by molar-refractivity contribution is 5.91. The number of aliphatic hydroxyl groups is 2. The van der Waals surface area contributed by atoms with Gasteiger partial charge in [-0.1, -0.05) is 27.7 Å². The fourth-order valence-electron chi connectivity index (χ4n) is 8.46. The van der Waals surface area contributed by atoms with Crippen molar-refractivity contribution in [1.82, 2.24) is 9.80 Å². The van der Waals surface area contributed by atoms with Crippen LogP contribution >= 0.6 is 0 Å². The van der Waals surface area contributed by atoms with Crippen LogP contribution in [0.25, 0.3) is 0 Å². The molecule has 12 heteroatoms. The van der Waals surface area contributed by atoms with E-state index < -0.39 is 71.8 Å². The predicted molar refractivity (Wildman–Crippen MR) is 168 cm³/mol. The minimum absolute atomic E-state index is 0.117. The second-order valence-corrected chi connectivity index (χ2v) is 14.5. The number of aliphatic hydroxyl groups excluding tert-OH is 2. The van der Waals surface area contributed by atoms with Crippen molar-refractivity contribution in [2.75, 3.05) is 34.3 Å². The molecule has 4 aliphatic rings. The van der Waals surface area contributed by atoms with Crippen molar-refractivity contribution in [2.45, 2.75) is 135 Å². The van der Waals surface area contributed by atoms with E-state index in [0.717, 1.165) is 5.71 Å². The molecule has 4 rings (SSSR count). The van der Waals surface area contributed by atoms with Gasteiger partial charge in [0.15, 0.2) is 11.9 Å². The summed E-state index contributed by atoms with van der Waals surface area (Å²) in [6, 6.07) is -0.607. The Hall–Kier alpha value is -1.83. The highest BCUT2D eigenvalue weighted by atomic mass is 16.7. The Labute approximate surface area is 268 Å². The van der Waals surface area contributed by atoms with E-state index in [1.807, 2.05) is 53.6 Å². The molecule has 2 bridgehead atoms. The summed E-state index contributed by atoms with van der Waals surface area (Å²) in [5.41, 5.74) is -1.20. The van der Waals surface area contributed by atoms with E-state index in [1.165, 1.54) is 0 Å². The summed E-state index contributed by atoms with van der Waals surface area (Å²) >= 11 is 0. The van der Waals surface area contributed by atoms with Crippen LogP contribution in [0.5, 0.6) is 0 Å². The topological polar surface area (TPSA) is 140 Å². The summed E-state index contributed by atoms with van der Waals surface area (Å²) in [5, 5.41) is 23.1. The molecule has 3 saturated heterocycles. The third-order valence-electron chi connectivity index (χ3n) is 11.1. The number of rotatable bonds is 5. The summed E-state index contributed by atoms with van der Waals surface area (Å²) in [6.07, 6.45) is -3.76. The van der Waals surface area contributed by atoms with E-state index >= 15 is 0 Å². The molecule has 4 aliphatic heterocycles. The fraction of sp³-hybridized carbons (Fsp3) is 0.909. The Kier molecular flexibility index (Phi) is 11.0. The molecule has 0 saturated carbocycles. The molecule has 14 atom stereocenters. The lowest BCUT2D eigenvalue weighted by atomic mass is 9.73. The van der Waals surface area contributed by atoms with Gasteiger partial charge in [-0.3, -0.25) is 14.7 Å².